The third-order valence-electron chi connectivity index (χ3n) is 2.50. The minimum atomic E-state index is 1.21. The molecule has 3 heteroatoms. The molecule has 0 radical (unpaired) electrons. The second-order valence-corrected chi connectivity index (χ2v) is 6.36. The SMILES string of the molecule is CCCCN(CCCC)SSc1ccccc1. The Hall–Kier alpha value is -0.120. The molecule has 0 aliphatic carbocycles. The summed E-state index contributed by atoms with van der Waals surface area (Å²) in [6.45, 7) is 6.93. The molecule has 1 aromatic rings. The second-order valence-electron chi connectivity index (χ2n) is 4.11. The fourth-order valence-corrected chi connectivity index (χ4v) is 3.65. The summed E-state index contributed by atoms with van der Waals surface area (Å²) in [6.07, 6.45) is 5.15. The molecule has 0 aliphatic heterocycles. The van der Waals surface area contributed by atoms with Crippen molar-refractivity contribution in [1.82, 2.24) is 4.31 Å². The summed E-state index contributed by atoms with van der Waals surface area (Å²) in [6, 6.07) is 10.6. The average Bonchev–Trinajstić information content (AvgIpc) is 2.39. The molecule has 0 spiro atoms. The third kappa shape index (κ3) is 7.02. The molecular weight excluding hydrogens is 246 g/mol. The highest BCUT2D eigenvalue weighted by atomic mass is 33.1. The van der Waals surface area contributed by atoms with E-state index in [0.29, 0.717) is 0 Å². The van der Waals surface area contributed by atoms with Crippen molar-refractivity contribution >= 4 is 21.8 Å². The van der Waals surface area contributed by atoms with Gasteiger partial charge in [0.25, 0.3) is 0 Å². The molecule has 0 amide bonds. The number of hydrogen-bond donors (Lipinski definition) is 0. The molecule has 0 N–H and O–H groups in total. The van der Waals surface area contributed by atoms with Crippen LogP contribution in [0.1, 0.15) is 39.5 Å². The molecule has 96 valence electrons. The zero-order valence-electron chi connectivity index (χ0n) is 10.9. The van der Waals surface area contributed by atoms with Crippen molar-refractivity contribution in [2.45, 2.75) is 44.4 Å². The average molecular weight is 269 g/mol. The zero-order valence-corrected chi connectivity index (χ0v) is 12.5. The molecule has 0 aliphatic rings. The zero-order chi connectivity index (χ0) is 12.3. The number of hydrogen-bond acceptors (Lipinski definition) is 3. The molecule has 0 aromatic heterocycles. The van der Waals surface area contributed by atoms with E-state index in [0.717, 1.165) is 0 Å². The Labute approximate surface area is 114 Å². The van der Waals surface area contributed by atoms with Gasteiger partial charge in [-0.25, -0.2) is 4.31 Å². The van der Waals surface area contributed by atoms with E-state index < -0.39 is 0 Å². The van der Waals surface area contributed by atoms with Gasteiger partial charge in [0.1, 0.15) is 0 Å². The Bertz CT molecular complexity index is 269. The molecule has 17 heavy (non-hydrogen) atoms. The third-order valence-corrected chi connectivity index (χ3v) is 5.05. The monoisotopic (exact) mass is 269 g/mol. The predicted molar refractivity (Wildman–Crippen MR) is 81.3 cm³/mol. The minimum absolute atomic E-state index is 1.21. The van der Waals surface area contributed by atoms with E-state index in [1.54, 1.807) is 0 Å². The molecule has 0 saturated heterocycles. The van der Waals surface area contributed by atoms with Crippen LogP contribution in [0.4, 0.5) is 0 Å². The lowest BCUT2D eigenvalue weighted by Gasteiger charge is -2.19. The van der Waals surface area contributed by atoms with Crippen LogP contribution in [0, 0.1) is 0 Å². The lowest BCUT2D eigenvalue weighted by atomic mass is 10.3. The predicted octanol–water partition coefficient (Wildman–Crippen LogP) is 5.24. The lowest BCUT2D eigenvalue weighted by molar-refractivity contribution is 0.448. The Kier molecular flexibility index (Phi) is 8.67. The van der Waals surface area contributed by atoms with Crippen LogP contribution in [-0.2, 0) is 0 Å². The van der Waals surface area contributed by atoms with Gasteiger partial charge >= 0.3 is 0 Å². The fraction of sp³-hybridized carbons (Fsp3) is 0.571. The number of rotatable bonds is 9. The first kappa shape index (κ1) is 14.9. The van der Waals surface area contributed by atoms with Gasteiger partial charge in [0.05, 0.1) is 0 Å². The first-order valence-electron chi connectivity index (χ1n) is 6.51. The topological polar surface area (TPSA) is 3.24 Å². The Morgan fingerprint density at radius 1 is 0.941 bits per heavy atom. The lowest BCUT2D eigenvalue weighted by Crippen LogP contribution is -2.17. The first-order valence-corrected chi connectivity index (χ1v) is 8.62. The highest BCUT2D eigenvalue weighted by molar-refractivity contribution is 8.75. The van der Waals surface area contributed by atoms with E-state index in [1.807, 2.05) is 21.8 Å². The van der Waals surface area contributed by atoms with Crippen LogP contribution in [0.25, 0.3) is 0 Å². The van der Waals surface area contributed by atoms with Crippen molar-refractivity contribution in [2.75, 3.05) is 13.1 Å². The maximum absolute atomic E-state index is 2.50. The van der Waals surface area contributed by atoms with Gasteiger partial charge in [-0.15, -0.1) is 0 Å². The van der Waals surface area contributed by atoms with Gasteiger partial charge < -0.3 is 0 Å². The summed E-state index contributed by atoms with van der Waals surface area (Å²) >= 11 is 0. The maximum atomic E-state index is 2.50. The Morgan fingerprint density at radius 3 is 2.06 bits per heavy atom. The summed E-state index contributed by atoms with van der Waals surface area (Å²) in [4.78, 5) is 1.34. The quantitative estimate of drug-likeness (QED) is 0.445. The molecule has 0 saturated carbocycles. The van der Waals surface area contributed by atoms with Gasteiger partial charge in [-0.3, -0.25) is 0 Å². The van der Waals surface area contributed by atoms with Crippen molar-refractivity contribution in [3.63, 3.8) is 0 Å². The Morgan fingerprint density at radius 2 is 1.53 bits per heavy atom. The van der Waals surface area contributed by atoms with Crippen molar-refractivity contribution in [2.24, 2.45) is 0 Å². The summed E-state index contributed by atoms with van der Waals surface area (Å²) in [7, 11) is 3.78. The van der Waals surface area contributed by atoms with E-state index in [-0.39, 0.29) is 0 Å². The molecular formula is C14H23NS2. The smallest absolute Gasteiger partial charge is 0.0195 e. The molecule has 0 unspecified atom stereocenters. The van der Waals surface area contributed by atoms with E-state index in [4.69, 9.17) is 0 Å². The summed E-state index contributed by atoms with van der Waals surface area (Å²) < 4.78 is 2.50. The van der Waals surface area contributed by atoms with Crippen LogP contribution in [0.3, 0.4) is 0 Å². The summed E-state index contributed by atoms with van der Waals surface area (Å²) in [5.41, 5.74) is 0. The Balaban J connectivity index is 2.31. The van der Waals surface area contributed by atoms with Crippen molar-refractivity contribution < 1.29 is 0 Å². The summed E-state index contributed by atoms with van der Waals surface area (Å²) in [5, 5.41) is 0. The maximum Gasteiger partial charge on any atom is 0.0195 e. The van der Waals surface area contributed by atoms with Crippen molar-refractivity contribution in [3.8, 4) is 0 Å². The van der Waals surface area contributed by atoms with Crippen molar-refractivity contribution in [3.05, 3.63) is 30.3 Å². The number of benzene rings is 1. The van der Waals surface area contributed by atoms with Gasteiger partial charge in [-0.1, -0.05) is 44.9 Å². The first-order chi connectivity index (χ1) is 8.36. The number of unbranched alkanes of at least 4 members (excludes halogenated alkanes) is 2. The standard InChI is InChI=1S/C14H23NS2/c1-3-5-12-15(13-6-4-2)17-16-14-10-8-7-9-11-14/h7-11H,3-6,12-13H2,1-2H3. The van der Waals surface area contributed by atoms with Gasteiger partial charge in [0, 0.05) is 18.0 Å². The van der Waals surface area contributed by atoms with Gasteiger partial charge in [-0.2, -0.15) is 0 Å². The van der Waals surface area contributed by atoms with Crippen molar-refractivity contribution in [1.29, 1.82) is 0 Å². The van der Waals surface area contributed by atoms with Crippen LogP contribution in [0.15, 0.2) is 35.2 Å². The molecule has 0 heterocycles. The molecule has 1 rings (SSSR count). The fourth-order valence-electron chi connectivity index (χ4n) is 1.43. The molecule has 0 fully saturated rings. The molecule has 0 atom stereocenters. The van der Waals surface area contributed by atoms with E-state index in [1.165, 1.54) is 43.7 Å². The minimum Gasteiger partial charge on any atom is -0.241 e. The second kappa shape index (κ2) is 9.86. The van der Waals surface area contributed by atoms with Crippen LogP contribution in [-0.4, -0.2) is 17.4 Å². The van der Waals surface area contributed by atoms with E-state index in [9.17, 15) is 0 Å². The van der Waals surface area contributed by atoms with Crippen LogP contribution in [0.5, 0.6) is 0 Å². The highest BCUT2D eigenvalue weighted by Gasteiger charge is 2.05. The highest BCUT2D eigenvalue weighted by Crippen LogP contribution is 2.33. The number of nitrogens with zero attached hydrogens (tertiary/aromatic N) is 1. The van der Waals surface area contributed by atoms with Gasteiger partial charge in [-0.05, 0) is 46.7 Å². The molecule has 0 bridgehead atoms. The summed E-state index contributed by atoms with van der Waals surface area (Å²) in [5.74, 6) is 0. The van der Waals surface area contributed by atoms with Crippen LogP contribution >= 0.6 is 21.8 Å². The van der Waals surface area contributed by atoms with Gasteiger partial charge in [0.15, 0.2) is 0 Å². The van der Waals surface area contributed by atoms with E-state index in [2.05, 4.69) is 48.5 Å². The van der Waals surface area contributed by atoms with Gasteiger partial charge in [0.2, 0.25) is 0 Å². The molecule has 1 aromatic carbocycles. The van der Waals surface area contributed by atoms with Crippen LogP contribution in [0.2, 0.25) is 0 Å². The largest absolute Gasteiger partial charge is 0.241 e. The molecule has 1 nitrogen and oxygen atoms in total. The van der Waals surface area contributed by atoms with Crippen LogP contribution < -0.4 is 0 Å². The normalized spacial score (nSPS) is 11.0. The van der Waals surface area contributed by atoms with E-state index >= 15 is 0 Å².